The average Bonchev–Trinajstić information content (AvgIpc) is 3.91. The van der Waals surface area contributed by atoms with Crippen molar-refractivity contribution in [3.8, 4) is 67.5 Å². The first-order chi connectivity index (χ1) is 33.2. The summed E-state index contributed by atoms with van der Waals surface area (Å²) < 4.78 is 6.90. The van der Waals surface area contributed by atoms with Crippen molar-refractivity contribution in [2.75, 3.05) is 0 Å². The fourth-order valence-electron chi connectivity index (χ4n) is 11.2. The highest BCUT2D eigenvalue weighted by atomic mass is 16.3. The minimum atomic E-state index is 0.0649. The second-order valence-electron chi connectivity index (χ2n) is 18.2. The fraction of sp³-hybridized carbons (Fsp3) is 0.0635. The quantitative estimate of drug-likeness (QED) is 0.173. The molecule has 314 valence electrons. The van der Waals surface area contributed by atoms with E-state index < -0.39 is 0 Å². The Labute approximate surface area is 387 Å². The zero-order chi connectivity index (χ0) is 44.0. The van der Waals surface area contributed by atoms with Gasteiger partial charge in [0.1, 0.15) is 11.2 Å². The summed E-state index contributed by atoms with van der Waals surface area (Å²) in [5.41, 5.74) is 18.4. The number of hydrogen-bond donors (Lipinski definition) is 0. The first-order valence-electron chi connectivity index (χ1n) is 23.3. The van der Waals surface area contributed by atoms with Gasteiger partial charge in [0.15, 0.2) is 17.5 Å². The monoisotopic (exact) mass is 855 g/mol. The third-order valence-electron chi connectivity index (χ3n) is 14.3. The van der Waals surface area contributed by atoms with Gasteiger partial charge in [0.2, 0.25) is 0 Å². The first kappa shape index (κ1) is 37.9. The van der Waals surface area contributed by atoms with Gasteiger partial charge in [-0.15, -0.1) is 0 Å². The van der Waals surface area contributed by atoms with Crippen LogP contribution in [-0.2, 0) is 12.8 Å². The molecule has 2 aromatic heterocycles. The summed E-state index contributed by atoms with van der Waals surface area (Å²) in [6, 6.07) is 74.7. The molecule has 0 spiro atoms. The van der Waals surface area contributed by atoms with Crippen LogP contribution in [0.2, 0.25) is 0 Å². The van der Waals surface area contributed by atoms with Gasteiger partial charge in [0.25, 0.3) is 0 Å². The third-order valence-corrected chi connectivity index (χ3v) is 14.3. The van der Waals surface area contributed by atoms with E-state index in [0.29, 0.717) is 17.5 Å². The molecule has 2 heterocycles. The van der Waals surface area contributed by atoms with Crippen LogP contribution in [0.25, 0.3) is 111 Å². The summed E-state index contributed by atoms with van der Waals surface area (Å²) in [6.07, 6.45) is 2.75. The van der Waals surface area contributed by atoms with Crippen molar-refractivity contribution >= 4 is 43.5 Å². The van der Waals surface area contributed by atoms with Crippen LogP contribution in [-0.4, -0.2) is 15.0 Å². The Balaban J connectivity index is 1.01. The van der Waals surface area contributed by atoms with Gasteiger partial charge in [-0.1, -0.05) is 170 Å². The number of aromatic nitrogens is 3. The highest BCUT2D eigenvalue weighted by Crippen LogP contribution is 2.48. The van der Waals surface area contributed by atoms with E-state index in [1.165, 1.54) is 71.6 Å². The van der Waals surface area contributed by atoms with Crippen molar-refractivity contribution in [2.45, 2.75) is 25.2 Å². The molecule has 0 saturated carbocycles. The van der Waals surface area contributed by atoms with Crippen LogP contribution in [0.4, 0.5) is 0 Å². The van der Waals surface area contributed by atoms with Gasteiger partial charge in [-0.05, 0) is 138 Å². The molecule has 0 N–H and O–H groups in total. The molecule has 12 aromatic rings. The molecule has 10 aromatic carbocycles. The van der Waals surface area contributed by atoms with Gasteiger partial charge in [0.05, 0.1) is 5.56 Å². The number of benzene rings is 10. The number of hydrogen-bond acceptors (Lipinski definition) is 4. The minimum Gasteiger partial charge on any atom is -0.455 e. The SMILES string of the molecule is c1ccc(-c2cccc(-c3nc(-c4ccc5c(c4)Cc4ccccc4-5)nc(-c4cc(C5CCc6cc7ccccc7cc6-c6ccc7ccccc7c65)cc5c4oc4ccccc45)n3)c2)cc1. The summed E-state index contributed by atoms with van der Waals surface area (Å²) in [4.78, 5) is 16.2. The van der Waals surface area contributed by atoms with Crippen LogP contribution in [0.5, 0.6) is 0 Å². The molecule has 4 heteroatoms. The lowest BCUT2D eigenvalue weighted by Crippen LogP contribution is -2.05. The van der Waals surface area contributed by atoms with E-state index in [9.17, 15) is 0 Å². The van der Waals surface area contributed by atoms with Gasteiger partial charge in [0, 0.05) is 27.8 Å². The summed E-state index contributed by atoms with van der Waals surface area (Å²) in [5.74, 6) is 1.90. The Hall–Kier alpha value is -8.47. The molecule has 1 unspecified atom stereocenters. The Morgan fingerprint density at radius 2 is 1.04 bits per heavy atom. The summed E-state index contributed by atoms with van der Waals surface area (Å²) in [7, 11) is 0. The summed E-state index contributed by atoms with van der Waals surface area (Å²) in [6.45, 7) is 0. The molecule has 0 bridgehead atoms. The molecule has 0 radical (unpaired) electrons. The van der Waals surface area contributed by atoms with E-state index in [0.717, 1.165) is 69.0 Å². The molecule has 0 fully saturated rings. The second kappa shape index (κ2) is 15.0. The summed E-state index contributed by atoms with van der Waals surface area (Å²) >= 11 is 0. The van der Waals surface area contributed by atoms with Gasteiger partial charge < -0.3 is 4.42 Å². The van der Waals surface area contributed by atoms with Crippen LogP contribution < -0.4 is 0 Å². The Kier molecular flexibility index (Phi) is 8.50. The normalized spacial score (nSPS) is 13.9. The van der Waals surface area contributed by atoms with Gasteiger partial charge in [-0.3, -0.25) is 0 Å². The van der Waals surface area contributed by atoms with Crippen LogP contribution >= 0.6 is 0 Å². The van der Waals surface area contributed by atoms with Crippen LogP contribution in [0.15, 0.2) is 211 Å². The van der Waals surface area contributed by atoms with Crippen molar-refractivity contribution in [3.05, 3.63) is 234 Å². The summed E-state index contributed by atoms with van der Waals surface area (Å²) in [5, 5.41) is 7.20. The van der Waals surface area contributed by atoms with Crippen molar-refractivity contribution < 1.29 is 4.42 Å². The predicted octanol–water partition coefficient (Wildman–Crippen LogP) is 16.1. The van der Waals surface area contributed by atoms with E-state index in [-0.39, 0.29) is 5.92 Å². The van der Waals surface area contributed by atoms with Crippen molar-refractivity contribution in [3.63, 3.8) is 0 Å². The highest BCUT2D eigenvalue weighted by molar-refractivity contribution is 6.10. The maximum atomic E-state index is 6.90. The molecule has 2 aliphatic rings. The lowest BCUT2D eigenvalue weighted by atomic mass is 9.81. The zero-order valence-corrected chi connectivity index (χ0v) is 36.6. The lowest BCUT2D eigenvalue weighted by Gasteiger charge is -2.22. The topological polar surface area (TPSA) is 51.8 Å². The molecule has 14 rings (SSSR count). The van der Waals surface area contributed by atoms with E-state index >= 15 is 0 Å². The molecule has 1 atom stereocenters. The predicted molar refractivity (Wildman–Crippen MR) is 274 cm³/mol. The van der Waals surface area contributed by atoms with Crippen LogP contribution in [0, 0.1) is 0 Å². The molecule has 2 aliphatic carbocycles. The molecule has 0 saturated heterocycles. The van der Waals surface area contributed by atoms with E-state index in [1.54, 1.807) is 0 Å². The number of nitrogens with zero attached hydrogens (tertiary/aromatic N) is 3. The maximum Gasteiger partial charge on any atom is 0.167 e. The number of rotatable bonds is 5. The largest absolute Gasteiger partial charge is 0.455 e. The van der Waals surface area contributed by atoms with Gasteiger partial charge >= 0.3 is 0 Å². The molecular formula is C63H41N3O. The average molecular weight is 856 g/mol. The Morgan fingerprint density at radius 1 is 0.373 bits per heavy atom. The molecule has 4 nitrogen and oxygen atoms in total. The molecule has 0 aliphatic heterocycles. The first-order valence-corrected chi connectivity index (χ1v) is 23.3. The standard InChI is InChI=1S/C63H41N3O/c1-2-13-38(14-3-1)40-19-12-20-45(32-40)61-64-62(46-27-28-50-47(34-46)33-43-18-7-8-21-49(43)50)66-63(65-61)57-37-48(36-56-53-23-10-11-24-58(53)67-60(56)57)52-29-26-44-31-41-16-4-5-17-42(41)35-55(44)54-30-25-39-15-6-9-22-51(39)59(52)54/h1-25,27-28,30-32,34-37,52H,26,29,33H2. The molecule has 0 amide bonds. The Morgan fingerprint density at radius 3 is 1.93 bits per heavy atom. The maximum absolute atomic E-state index is 6.90. The second-order valence-corrected chi connectivity index (χ2v) is 18.2. The van der Waals surface area contributed by atoms with E-state index in [2.05, 4.69) is 200 Å². The van der Waals surface area contributed by atoms with Crippen LogP contribution in [0.1, 0.15) is 40.2 Å². The van der Waals surface area contributed by atoms with Gasteiger partial charge in [-0.25, -0.2) is 15.0 Å². The number of aryl methyl sites for hydroxylation is 1. The molecular weight excluding hydrogens is 815 g/mol. The Bertz CT molecular complexity index is 3980. The van der Waals surface area contributed by atoms with Crippen molar-refractivity contribution in [1.82, 2.24) is 15.0 Å². The van der Waals surface area contributed by atoms with Crippen molar-refractivity contribution in [1.29, 1.82) is 0 Å². The number of para-hydroxylation sites is 1. The fourth-order valence-corrected chi connectivity index (χ4v) is 11.2. The van der Waals surface area contributed by atoms with Gasteiger partial charge in [-0.2, -0.15) is 0 Å². The van der Waals surface area contributed by atoms with E-state index in [1.807, 2.05) is 6.07 Å². The van der Waals surface area contributed by atoms with Crippen molar-refractivity contribution in [2.24, 2.45) is 0 Å². The lowest BCUT2D eigenvalue weighted by molar-refractivity contribution is 0.668. The molecule has 67 heavy (non-hydrogen) atoms. The zero-order valence-electron chi connectivity index (χ0n) is 36.6. The third kappa shape index (κ3) is 6.25. The minimum absolute atomic E-state index is 0.0649. The smallest absolute Gasteiger partial charge is 0.167 e. The highest BCUT2D eigenvalue weighted by Gasteiger charge is 2.29. The van der Waals surface area contributed by atoms with E-state index in [4.69, 9.17) is 19.4 Å². The number of furan rings is 1. The number of fused-ring (bicyclic) bond motifs is 12. The van der Waals surface area contributed by atoms with Crippen LogP contribution in [0.3, 0.4) is 0 Å².